The Bertz CT molecular complexity index is 436. The number of carbonyl (C=O) groups excluding carboxylic acids is 1. The minimum absolute atomic E-state index is 0.0726. The van der Waals surface area contributed by atoms with Crippen molar-refractivity contribution in [3.63, 3.8) is 0 Å². The molecule has 0 saturated heterocycles. The molecule has 1 heterocycles. The number of carbonyl (C=O) groups is 1. The third-order valence-electron chi connectivity index (χ3n) is 4.09. The molecule has 1 aliphatic rings. The van der Waals surface area contributed by atoms with Crippen molar-refractivity contribution in [3.8, 4) is 0 Å². The van der Waals surface area contributed by atoms with Crippen molar-refractivity contribution in [3.05, 3.63) is 21.4 Å². The van der Waals surface area contributed by atoms with Crippen molar-refractivity contribution in [1.82, 2.24) is 5.32 Å². The number of fused-ring (bicyclic) bond motifs is 1. The fourth-order valence-corrected chi connectivity index (χ4v) is 4.08. The third-order valence-corrected chi connectivity index (χ3v) is 5.18. The van der Waals surface area contributed by atoms with Crippen LogP contribution < -0.4 is 5.32 Å². The average Bonchev–Trinajstić information content (AvgIpc) is 2.89. The number of nitrogens with one attached hydrogen (secondary N) is 1. The fraction of sp³-hybridized carbons (Fsp3) is 0.688. The highest BCUT2D eigenvalue weighted by Crippen LogP contribution is 2.30. The van der Waals surface area contributed by atoms with Gasteiger partial charge in [-0.15, -0.1) is 11.3 Å². The highest BCUT2D eigenvalue weighted by atomic mass is 32.1. The maximum atomic E-state index is 12.3. The van der Waals surface area contributed by atoms with E-state index in [2.05, 4.69) is 12.2 Å². The smallest absolute Gasteiger partial charge is 0.252 e. The molecule has 0 aromatic carbocycles. The molecule has 1 aromatic rings. The minimum Gasteiger partial charge on any atom is -0.396 e. The van der Waals surface area contributed by atoms with E-state index in [1.54, 1.807) is 11.3 Å². The zero-order chi connectivity index (χ0) is 14.4. The summed E-state index contributed by atoms with van der Waals surface area (Å²) in [5.41, 5.74) is 2.18. The molecule has 3 nitrogen and oxygen atoms in total. The molecule has 1 unspecified atom stereocenters. The van der Waals surface area contributed by atoms with Crippen molar-refractivity contribution < 1.29 is 9.90 Å². The molecule has 112 valence electrons. The van der Waals surface area contributed by atoms with Crippen molar-refractivity contribution in [2.75, 3.05) is 13.2 Å². The van der Waals surface area contributed by atoms with Gasteiger partial charge in [-0.05, 0) is 50.0 Å². The highest BCUT2D eigenvalue weighted by Gasteiger charge is 2.20. The number of aryl methyl sites for hydroxylation is 1. The van der Waals surface area contributed by atoms with Crippen LogP contribution in [0, 0.1) is 5.92 Å². The van der Waals surface area contributed by atoms with E-state index >= 15 is 0 Å². The van der Waals surface area contributed by atoms with E-state index in [4.69, 9.17) is 5.11 Å². The second-order valence-corrected chi connectivity index (χ2v) is 6.60. The predicted molar refractivity (Wildman–Crippen MR) is 83.4 cm³/mol. The molecule has 1 aromatic heterocycles. The normalized spacial score (nSPS) is 15.7. The van der Waals surface area contributed by atoms with Crippen LogP contribution in [0.25, 0.3) is 0 Å². The lowest BCUT2D eigenvalue weighted by Gasteiger charge is -2.16. The molecule has 1 aliphatic carbocycles. The molecule has 0 fully saturated rings. The maximum absolute atomic E-state index is 12.3. The largest absolute Gasteiger partial charge is 0.396 e. The standard InChI is InChI=1S/C16H25NO2S/c1-2-5-12(8-9-18)10-17-16(19)14-11-20-15-7-4-3-6-13(14)15/h11-12,18H,2-10H2,1H3,(H,17,19). The first kappa shape index (κ1) is 15.5. The Kier molecular flexibility index (Phi) is 6.05. The Balaban J connectivity index is 1.92. The summed E-state index contributed by atoms with van der Waals surface area (Å²) in [6.07, 6.45) is 7.57. The summed E-state index contributed by atoms with van der Waals surface area (Å²) < 4.78 is 0. The molecule has 4 heteroatoms. The number of thiophene rings is 1. The highest BCUT2D eigenvalue weighted by molar-refractivity contribution is 7.10. The van der Waals surface area contributed by atoms with Crippen LogP contribution in [0.5, 0.6) is 0 Å². The first-order valence-corrected chi connectivity index (χ1v) is 8.62. The van der Waals surface area contributed by atoms with Gasteiger partial charge in [0.1, 0.15) is 0 Å². The molecule has 0 saturated carbocycles. The SMILES string of the molecule is CCCC(CCO)CNC(=O)c1csc2c1CCCC2. The van der Waals surface area contributed by atoms with E-state index in [0.717, 1.165) is 37.7 Å². The molecule has 20 heavy (non-hydrogen) atoms. The van der Waals surface area contributed by atoms with E-state index in [-0.39, 0.29) is 12.5 Å². The lowest BCUT2D eigenvalue weighted by Crippen LogP contribution is -2.30. The summed E-state index contributed by atoms with van der Waals surface area (Å²) in [6.45, 7) is 3.02. The first-order chi connectivity index (χ1) is 9.76. The number of hydrogen-bond donors (Lipinski definition) is 2. The van der Waals surface area contributed by atoms with Crippen LogP contribution in [0.2, 0.25) is 0 Å². The summed E-state index contributed by atoms with van der Waals surface area (Å²) >= 11 is 1.73. The number of rotatable bonds is 7. The number of hydrogen-bond acceptors (Lipinski definition) is 3. The number of aliphatic hydroxyl groups excluding tert-OH is 1. The second-order valence-electron chi connectivity index (χ2n) is 5.64. The van der Waals surface area contributed by atoms with Crippen molar-refractivity contribution >= 4 is 17.2 Å². The maximum Gasteiger partial charge on any atom is 0.252 e. The molecule has 0 aliphatic heterocycles. The van der Waals surface area contributed by atoms with Gasteiger partial charge in [0.05, 0.1) is 5.56 Å². The average molecular weight is 295 g/mol. The zero-order valence-corrected chi connectivity index (χ0v) is 13.1. The zero-order valence-electron chi connectivity index (χ0n) is 12.3. The Hall–Kier alpha value is -0.870. The van der Waals surface area contributed by atoms with Crippen LogP contribution in [-0.2, 0) is 12.8 Å². The molecule has 0 bridgehead atoms. The molecule has 1 amide bonds. The summed E-state index contributed by atoms with van der Waals surface area (Å²) in [5.74, 6) is 0.465. The quantitative estimate of drug-likeness (QED) is 0.812. The molecule has 0 spiro atoms. The van der Waals surface area contributed by atoms with Gasteiger partial charge in [0, 0.05) is 23.4 Å². The van der Waals surface area contributed by atoms with Gasteiger partial charge in [-0.2, -0.15) is 0 Å². The second kappa shape index (κ2) is 7.79. The lowest BCUT2D eigenvalue weighted by atomic mass is 9.95. The van der Waals surface area contributed by atoms with Gasteiger partial charge in [0.25, 0.3) is 5.91 Å². The Labute approximate surface area is 125 Å². The van der Waals surface area contributed by atoms with E-state index in [9.17, 15) is 4.79 Å². The molecular weight excluding hydrogens is 270 g/mol. The van der Waals surface area contributed by atoms with Gasteiger partial charge in [-0.1, -0.05) is 13.3 Å². The molecule has 2 rings (SSSR count). The summed E-state index contributed by atoms with van der Waals surface area (Å²) in [7, 11) is 0. The minimum atomic E-state index is 0.0726. The number of amides is 1. The van der Waals surface area contributed by atoms with E-state index in [1.807, 2.05) is 5.38 Å². The number of aliphatic hydroxyl groups is 1. The summed E-state index contributed by atoms with van der Waals surface area (Å²) in [4.78, 5) is 13.7. The molecule has 0 radical (unpaired) electrons. The van der Waals surface area contributed by atoms with E-state index < -0.39 is 0 Å². The van der Waals surface area contributed by atoms with Gasteiger partial charge >= 0.3 is 0 Å². The van der Waals surface area contributed by atoms with Crippen LogP contribution in [0.1, 0.15) is 59.8 Å². The van der Waals surface area contributed by atoms with Crippen LogP contribution in [0.15, 0.2) is 5.38 Å². The van der Waals surface area contributed by atoms with Crippen molar-refractivity contribution in [1.29, 1.82) is 0 Å². The van der Waals surface area contributed by atoms with Crippen LogP contribution in [0.3, 0.4) is 0 Å². The van der Waals surface area contributed by atoms with Gasteiger partial charge in [-0.25, -0.2) is 0 Å². The topological polar surface area (TPSA) is 49.3 Å². The van der Waals surface area contributed by atoms with Gasteiger partial charge < -0.3 is 10.4 Å². The Morgan fingerprint density at radius 1 is 1.40 bits per heavy atom. The van der Waals surface area contributed by atoms with Gasteiger partial charge in [0.2, 0.25) is 0 Å². The lowest BCUT2D eigenvalue weighted by molar-refractivity contribution is 0.0942. The molecular formula is C16H25NO2S. The van der Waals surface area contributed by atoms with Gasteiger partial charge in [0.15, 0.2) is 0 Å². The van der Waals surface area contributed by atoms with Crippen molar-refractivity contribution in [2.45, 2.75) is 51.9 Å². The van der Waals surface area contributed by atoms with E-state index in [0.29, 0.717) is 12.5 Å². The first-order valence-electron chi connectivity index (χ1n) is 7.74. The third kappa shape index (κ3) is 3.83. The molecule has 2 N–H and O–H groups in total. The Morgan fingerprint density at radius 2 is 2.20 bits per heavy atom. The Morgan fingerprint density at radius 3 is 2.95 bits per heavy atom. The summed E-state index contributed by atoms with van der Waals surface area (Å²) in [6, 6.07) is 0. The van der Waals surface area contributed by atoms with E-state index in [1.165, 1.54) is 23.3 Å². The van der Waals surface area contributed by atoms with Gasteiger partial charge in [-0.3, -0.25) is 4.79 Å². The van der Waals surface area contributed by atoms with Crippen molar-refractivity contribution in [2.24, 2.45) is 5.92 Å². The summed E-state index contributed by atoms with van der Waals surface area (Å²) in [5, 5.41) is 14.1. The molecule has 1 atom stereocenters. The fourth-order valence-electron chi connectivity index (χ4n) is 2.96. The van der Waals surface area contributed by atoms with Crippen LogP contribution >= 0.6 is 11.3 Å². The van der Waals surface area contributed by atoms with Crippen LogP contribution in [-0.4, -0.2) is 24.2 Å². The van der Waals surface area contributed by atoms with Crippen LogP contribution in [0.4, 0.5) is 0 Å². The monoisotopic (exact) mass is 295 g/mol. The predicted octanol–water partition coefficient (Wildman–Crippen LogP) is 3.16.